The van der Waals surface area contributed by atoms with Crippen LogP contribution in [0.5, 0.6) is 0 Å². The molecule has 1 amide bonds. The molecule has 0 rings (SSSR count). The van der Waals surface area contributed by atoms with Crippen molar-refractivity contribution >= 4 is 14.4 Å². The van der Waals surface area contributed by atoms with Gasteiger partial charge in [-0.05, 0) is 44.8 Å². The van der Waals surface area contributed by atoms with Crippen molar-refractivity contribution in [3.63, 3.8) is 0 Å². The minimum Gasteiger partial charge on any atom is -0.444 e. The van der Waals surface area contributed by atoms with Crippen molar-refractivity contribution in [1.82, 2.24) is 5.32 Å². The molecule has 0 heterocycles. The molecule has 0 radical (unpaired) electrons. The lowest BCUT2D eigenvalue weighted by Crippen LogP contribution is -2.43. The molecule has 0 aromatic carbocycles. The Labute approximate surface area is 150 Å². The fourth-order valence-electron chi connectivity index (χ4n) is 1.62. The van der Waals surface area contributed by atoms with E-state index in [1.807, 2.05) is 20.8 Å². The number of rotatable bonds is 7. The fraction of sp³-hybridized carbons (Fsp3) is 0.842. The molecule has 0 aliphatic rings. The highest BCUT2D eigenvalue weighted by Gasteiger charge is 2.37. The van der Waals surface area contributed by atoms with E-state index in [4.69, 9.17) is 9.16 Å². The summed E-state index contributed by atoms with van der Waals surface area (Å²) in [7, 11) is -1.80. The second kappa shape index (κ2) is 9.04. The molecule has 0 fully saturated rings. The first kappa shape index (κ1) is 23.2. The second-order valence-electron chi connectivity index (χ2n) is 9.34. The van der Waals surface area contributed by atoms with Gasteiger partial charge in [-0.15, -0.1) is 0 Å². The van der Waals surface area contributed by atoms with Crippen LogP contribution in [0.3, 0.4) is 0 Å². The van der Waals surface area contributed by atoms with Gasteiger partial charge in [0.2, 0.25) is 0 Å². The molecule has 1 N–H and O–H groups in total. The molecule has 142 valence electrons. The van der Waals surface area contributed by atoms with Gasteiger partial charge in [0.15, 0.2) is 8.32 Å². The monoisotopic (exact) mass is 357 g/mol. The minimum absolute atomic E-state index is 0.147. The maximum Gasteiger partial charge on any atom is 0.407 e. The average Bonchev–Trinajstić information content (AvgIpc) is 2.33. The van der Waals surface area contributed by atoms with Crippen LogP contribution in [-0.4, -0.2) is 33.2 Å². The summed E-state index contributed by atoms with van der Waals surface area (Å²) in [5.74, 6) is 0.621. The summed E-state index contributed by atoms with van der Waals surface area (Å²) in [5, 5.41) is 3.04. The van der Waals surface area contributed by atoms with Crippen molar-refractivity contribution in [3.05, 3.63) is 12.2 Å². The third kappa shape index (κ3) is 10.1. The lowest BCUT2D eigenvalue weighted by molar-refractivity contribution is 0.0518. The number of nitrogens with one attached hydrogen (secondary N) is 1. The van der Waals surface area contributed by atoms with E-state index in [1.54, 1.807) is 0 Å². The average molecular weight is 358 g/mol. The van der Waals surface area contributed by atoms with Gasteiger partial charge in [0.05, 0.1) is 0 Å². The highest BCUT2D eigenvalue weighted by atomic mass is 28.4. The van der Waals surface area contributed by atoms with E-state index in [1.165, 1.54) is 0 Å². The van der Waals surface area contributed by atoms with Crippen LogP contribution in [0.25, 0.3) is 0 Å². The van der Waals surface area contributed by atoms with E-state index in [9.17, 15) is 4.79 Å². The maximum atomic E-state index is 11.9. The smallest absolute Gasteiger partial charge is 0.407 e. The fourth-order valence-corrected chi connectivity index (χ4v) is 2.69. The number of alkyl carbamates (subject to hydrolysis) is 1. The predicted molar refractivity (Wildman–Crippen MR) is 105 cm³/mol. The molecular weight excluding hydrogens is 318 g/mol. The van der Waals surface area contributed by atoms with E-state index in [2.05, 4.69) is 65.2 Å². The van der Waals surface area contributed by atoms with Gasteiger partial charge in [0, 0.05) is 19.1 Å². The SMILES string of the molecule is CC(C)/C=C/[C@H](CNC(=O)OC(C)(C)C)CO[Si](C)(C)C(C)(C)C. The van der Waals surface area contributed by atoms with Crippen molar-refractivity contribution in [3.8, 4) is 0 Å². The van der Waals surface area contributed by atoms with Crippen LogP contribution in [0.2, 0.25) is 18.1 Å². The Balaban J connectivity index is 4.74. The first-order valence-electron chi connectivity index (χ1n) is 8.93. The normalized spacial score (nSPS) is 15.0. The number of allylic oxidation sites excluding steroid dienone is 1. The minimum atomic E-state index is -1.80. The van der Waals surface area contributed by atoms with Gasteiger partial charge in [-0.25, -0.2) is 4.79 Å². The summed E-state index contributed by atoms with van der Waals surface area (Å²) in [6, 6.07) is 0. The van der Waals surface area contributed by atoms with Crippen molar-refractivity contribution in [2.75, 3.05) is 13.2 Å². The van der Waals surface area contributed by atoms with E-state index in [-0.39, 0.29) is 17.0 Å². The largest absolute Gasteiger partial charge is 0.444 e. The lowest BCUT2D eigenvalue weighted by Gasteiger charge is -2.37. The van der Waals surface area contributed by atoms with Crippen molar-refractivity contribution in [2.24, 2.45) is 11.8 Å². The molecule has 24 heavy (non-hydrogen) atoms. The van der Waals surface area contributed by atoms with Gasteiger partial charge in [-0.3, -0.25) is 0 Å². The Morgan fingerprint density at radius 2 is 1.62 bits per heavy atom. The molecule has 0 bridgehead atoms. The van der Waals surface area contributed by atoms with Gasteiger partial charge in [0.25, 0.3) is 0 Å². The van der Waals surface area contributed by atoms with Gasteiger partial charge in [-0.2, -0.15) is 0 Å². The summed E-state index contributed by atoms with van der Waals surface area (Å²) < 4.78 is 11.6. The van der Waals surface area contributed by atoms with E-state index < -0.39 is 13.9 Å². The molecule has 0 spiro atoms. The summed E-state index contributed by atoms with van der Waals surface area (Å²) in [5.41, 5.74) is -0.481. The lowest BCUT2D eigenvalue weighted by atomic mass is 10.1. The van der Waals surface area contributed by atoms with Crippen LogP contribution in [0.15, 0.2) is 12.2 Å². The molecule has 0 unspecified atom stereocenters. The Morgan fingerprint density at radius 3 is 2.04 bits per heavy atom. The van der Waals surface area contributed by atoms with Gasteiger partial charge < -0.3 is 14.5 Å². The summed E-state index contributed by atoms with van der Waals surface area (Å²) in [6.07, 6.45) is 3.93. The van der Waals surface area contributed by atoms with Crippen LogP contribution in [0.1, 0.15) is 55.4 Å². The Kier molecular flexibility index (Phi) is 8.74. The van der Waals surface area contributed by atoms with Crippen LogP contribution < -0.4 is 5.32 Å². The number of ether oxygens (including phenoxy) is 1. The van der Waals surface area contributed by atoms with Crippen molar-refractivity contribution < 1.29 is 14.0 Å². The highest BCUT2D eigenvalue weighted by molar-refractivity contribution is 6.74. The first-order chi connectivity index (χ1) is 10.6. The molecule has 0 saturated heterocycles. The summed E-state index contributed by atoms with van der Waals surface area (Å²) >= 11 is 0. The number of amides is 1. The Bertz CT molecular complexity index is 417. The zero-order valence-corrected chi connectivity index (χ0v) is 18.4. The van der Waals surface area contributed by atoms with Crippen molar-refractivity contribution in [1.29, 1.82) is 0 Å². The van der Waals surface area contributed by atoms with Crippen LogP contribution in [-0.2, 0) is 9.16 Å². The van der Waals surface area contributed by atoms with Gasteiger partial charge >= 0.3 is 6.09 Å². The quantitative estimate of drug-likeness (QED) is 0.493. The molecule has 0 aromatic rings. The van der Waals surface area contributed by atoms with E-state index in [0.717, 1.165) is 0 Å². The summed E-state index contributed by atoms with van der Waals surface area (Å²) in [4.78, 5) is 11.9. The second-order valence-corrected chi connectivity index (χ2v) is 14.2. The van der Waals surface area contributed by atoms with Crippen LogP contribution in [0, 0.1) is 11.8 Å². The Hall–Kier alpha value is -0.813. The molecule has 0 aliphatic heterocycles. The first-order valence-corrected chi connectivity index (χ1v) is 11.8. The number of hydrogen-bond donors (Lipinski definition) is 1. The third-order valence-corrected chi connectivity index (χ3v) is 8.64. The molecule has 5 heteroatoms. The molecule has 0 saturated carbocycles. The van der Waals surface area contributed by atoms with Crippen LogP contribution >= 0.6 is 0 Å². The number of carbonyl (C=O) groups is 1. The zero-order valence-electron chi connectivity index (χ0n) is 17.4. The predicted octanol–water partition coefficient (Wildman–Crippen LogP) is 5.36. The molecule has 0 aromatic heterocycles. The van der Waals surface area contributed by atoms with E-state index in [0.29, 0.717) is 19.1 Å². The molecule has 0 aliphatic carbocycles. The number of carbonyl (C=O) groups excluding carboxylic acids is 1. The standard InChI is InChI=1S/C19H39NO3Si/c1-15(2)11-12-16(13-20-17(21)23-18(3,4)5)14-22-24(9,10)19(6,7)8/h11-12,15-16H,13-14H2,1-10H3,(H,20,21)/b12-11+/t16-/m1/s1. The van der Waals surface area contributed by atoms with E-state index >= 15 is 0 Å². The zero-order chi connectivity index (χ0) is 19.2. The highest BCUT2D eigenvalue weighted by Crippen LogP contribution is 2.36. The van der Waals surface area contributed by atoms with Crippen molar-refractivity contribution in [2.45, 2.75) is 79.1 Å². The maximum absolute atomic E-state index is 11.9. The van der Waals surface area contributed by atoms with Gasteiger partial charge in [0.1, 0.15) is 5.60 Å². The molecule has 4 nitrogen and oxygen atoms in total. The number of hydrogen-bond acceptors (Lipinski definition) is 3. The summed E-state index contributed by atoms with van der Waals surface area (Å²) in [6.45, 7) is 22.2. The third-order valence-electron chi connectivity index (χ3n) is 4.14. The van der Waals surface area contributed by atoms with Gasteiger partial charge in [-0.1, -0.05) is 46.8 Å². The van der Waals surface area contributed by atoms with Crippen LogP contribution in [0.4, 0.5) is 4.79 Å². The molecule has 1 atom stereocenters. The molecular formula is C19H39NO3Si. The topological polar surface area (TPSA) is 47.6 Å². The Morgan fingerprint density at radius 1 is 1.08 bits per heavy atom.